The summed E-state index contributed by atoms with van der Waals surface area (Å²) in [5.74, 6) is 0.151. The van der Waals surface area contributed by atoms with Crippen LogP contribution in [0.3, 0.4) is 0 Å². The zero-order valence-electron chi connectivity index (χ0n) is 15.2. The molecule has 1 aliphatic rings. The van der Waals surface area contributed by atoms with Crippen LogP contribution in [-0.4, -0.2) is 55.5 Å². The number of hydrogen-bond acceptors (Lipinski definition) is 5. The molecule has 0 radical (unpaired) electrons. The average molecular weight is 467 g/mol. The van der Waals surface area contributed by atoms with Crippen molar-refractivity contribution in [2.75, 3.05) is 26.2 Å². The van der Waals surface area contributed by atoms with Crippen molar-refractivity contribution in [3.8, 4) is 0 Å². The summed E-state index contributed by atoms with van der Waals surface area (Å²) in [7, 11) is -3.71. The van der Waals surface area contributed by atoms with Gasteiger partial charge in [-0.15, -0.1) is 0 Å². The zero-order chi connectivity index (χ0) is 20.3. The normalized spacial score (nSPS) is 15.9. The van der Waals surface area contributed by atoms with Crippen LogP contribution >= 0.6 is 15.9 Å². The first-order chi connectivity index (χ1) is 13.3. The monoisotopic (exact) mass is 466 g/mol. The van der Waals surface area contributed by atoms with Crippen molar-refractivity contribution in [2.45, 2.75) is 11.8 Å². The minimum absolute atomic E-state index is 0.0864. The maximum absolute atomic E-state index is 12.8. The van der Waals surface area contributed by atoms with Crippen molar-refractivity contribution < 1.29 is 22.4 Å². The van der Waals surface area contributed by atoms with Crippen molar-refractivity contribution in [1.82, 2.24) is 9.21 Å². The number of hydrogen-bond donors (Lipinski definition) is 0. The molecule has 1 aromatic heterocycles. The summed E-state index contributed by atoms with van der Waals surface area (Å²) in [6.07, 6.45) is 2.98. The highest BCUT2D eigenvalue weighted by Gasteiger charge is 2.29. The Morgan fingerprint density at radius 2 is 1.82 bits per heavy atom. The Morgan fingerprint density at radius 1 is 1.11 bits per heavy atom. The molecule has 0 bridgehead atoms. The van der Waals surface area contributed by atoms with Crippen LogP contribution in [0.1, 0.15) is 23.0 Å². The molecule has 28 heavy (non-hydrogen) atoms. The number of Topliss-reactive ketones (excluding diaryl/α,β-unsaturated/α-hetero) is 1. The maximum Gasteiger partial charge on any atom is 0.246 e. The number of halogens is 1. The smallest absolute Gasteiger partial charge is 0.246 e. The molecular formula is C19H19BrN2O5S. The molecule has 1 fully saturated rings. The van der Waals surface area contributed by atoms with Gasteiger partial charge in [-0.1, -0.05) is 12.1 Å². The summed E-state index contributed by atoms with van der Waals surface area (Å²) in [4.78, 5) is 25.5. The standard InChI is InChI=1S/C19H19BrN2O5S/c1-14(23)15-3-2-4-17(13-15)28(25,26)22-11-9-21(10-12-22)19(24)8-6-16-5-7-18(20)27-16/h2-8,13H,9-12H2,1H3/b8-6+. The molecule has 0 atom stereocenters. The molecular weight excluding hydrogens is 448 g/mol. The highest BCUT2D eigenvalue weighted by molar-refractivity contribution is 9.10. The average Bonchev–Trinajstić information content (AvgIpc) is 3.11. The molecule has 3 rings (SSSR count). The van der Waals surface area contributed by atoms with Crippen molar-refractivity contribution in [1.29, 1.82) is 0 Å². The van der Waals surface area contributed by atoms with Crippen LogP contribution in [-0.2, 0) is 14.8 Å². The number of carbonyl (C=O) groups excluding carboxylic acids is 2. The Labute approximate surface area is 171 Å². The third-order valence-electron chi connectivity index (χ3n) is 4.41. The van der Waals surface area contributed by atoms with E-state index in [2.05, 4.69) is 15.9 Å². The van der Waals surface area contributed by atoms with E-state index in [1.807, 2.05) is 0 Å². The van der Waals surface area contributed by atoms with E-state index < -0.39 is 10.0 Å². The number of nitrogens with zero attached hydrogens (tertiary/aromatic N) is 2. The number of sulfonamides is 1. The molecule has 0 unspecified atom stereocenters. The van der Waals surface area contributed by atoms with Crippen molar-refractivity contribution in [3.05, 3.63) is 58.5 Å². The van der Waals surface area contributed by atoms with Crippen LogP contribution in [0.15, 0.2) is 56.5 Å². The van der Waals surface area contributed by atoms with Crippen LogP contribution in [0, 0.1) is 0 Å². The lowest BCUT2D eigenvalue weighted by Crippen LogP contribution is -2.50. The fourth-order valence-corrected chi connectivity index (χ4v) is 4.64. The summed E-state index contributed by atoms with van der Waals surface area (Å²) < 4.78 is 32.9. The molecule has 1 amide bonds. The van der Waals surface area contributed by atoms with E-state index in [0.717, 1.165) is 0 Å². The maximum atomic E-state index is 12.8. The number of ketones is 1. The van der Waals surface area contributed by atoms with E-state index in [1.54, 1.807) is 35.2 Å². The predicted molar refractivity (Wildman–Crippen MR) is 107 cm³/mol. The summed E-state index contributed by atoms with van der Waals surface area (Å²) in [5, 5.41) is 0. The quantitative estimate of drug-likeness (QED) is 0.499. The lowest BCUT2D eigenvalue weighted by Gasteiger charge is -2.33. The summed E-state index contributed by atoms with van der Waals surface area (Å²) >= 11 is 3.20. The Morgan fingerprint density at radius 3 is 2.43 bits per heavy atom. The van der Waals surface area contributed by atoms with E-state index in [9.17, 15) is 18.0 Å². The van der Waals surface area contributed by atoms with Gasteiger partial charge in [0.15, 0.2) is 10.5 Å². The van der Waals surface area contributed by atoms with Crippen molar-refractivity contribution in [2.24, 2.45) is 0 Å². The van der Waals surface area contributed by atoms with Gasteiger partial charge >= 0.3 is 0 Å². The van der Waals surface area contributed by atoms with Crippen molar-refractivity contribution >= 4 is 43.7 Å². The number of amides is 1. The summed E-state index contributed by atoms with van der Waals surface area (Å²) in [6.45, 7) is 2.36. The molecule has 0 aliphatic carbocycles. The van der Waals surface area contributed by atoms with Crippen LogP contribution in [0.2, 0.25) is 0 Å². The van der Waals surface area contributed by atoms with Crippen LogP contribution in [0.25, 0.3) is 6.08 Å². The molecule has 0 spiro atoms. The van der Waals surface area contributed by atoms with Crippen molar-refractivity contribution in [3.63, 3.8) is 0 Å². The van der Waals surface area contributed by atoms with Gasteiger partial charge in [0, 0.05) is 37.8 Å². The first kappa shape index (κ1) is 20.5. The van der Waals surface area contributed by atoms with Gasteiger partial charge in [0.05, 0.1) is 4.90 Å². The van der Waals surface area contributed by atoms with Gasteiger partial charge in [-0.3, -0.25) is 9.59 Å². The number of carbonyl (C=O) groups is 2. The van der Waals surface area contributed by atoms with E-state index in [0.29, 0.717) is 16.0 Å². The van der Waals surface area contributed by atoms with E-state index in [4.69, 9.17) is 4.42 Å². The highest BCUT2D eigenvalue weighted by atomic mass is 79.9. The first-order valence-electron chi connectivity index (χ1n) is 8.61. The molecule has 0 N–H and O–H groups in total. The zero-order valence-corrected chi connectivity index (χ0v) is 17.6. The number of furan rings is 1. The minimum Gasteiger partial charge on any atom is -0.450 e. The highest BCUT2D eigenvalue weighted by Crippen LogP contribution is 2.20. The Balaban J connectivity index is 1.64. The topological polar surface area (TPSA) is 87.9 Å². The van der Waals surface area contributed by atoms with Gasteiger partial charge < -0.3 is 9.32 Å². The largest absolute Gasteiger partial charge is 0.450 e. The molecule has 2 aromatic rings. The molecule has 9 heteroatoms. The third-order valence-corrected chi connectivity index (χ3v) is 6.73. The molecule has 148 valence electrons. The van der Waals surface area contributed by atoms with Gasteiger partial charge in [0.25, 0.3) is 0 Å². The molecule has 1 saturated heterocycles. The van der Waals surface area contributed by atoms with E-state index >= 15 is 0 Å². The van der Waals surface area contributed by atoms with E-state index in [1.165, 1.54) is 29.4 Å². The SMILES string of the molecule is CC(=O)c1cccc(S(=O)(=O)N2CCN(C(=O)/C=C/c3ccc(Br)o3)CC2)c1. The molecule has 1 aromatic carbocycles. The van der Waals surface area contributed by atoms with Gasteiger partial charge in [0.1, 0.15) is 5.76 Å². The molecule has 7 nitrogen and oxygen atoms in total. The van der Waals surface area contributed by atoms with Gasteiger partial charge in [-0.25, -0.2) is 8.42 Å². The second-order valence-electron chi connectivity index (χ2n) is 6.29. The predicted octanol–water partition coefficient (Wildman–Crippen LogP) is 2.79. The molecule has 1 aliphatic heterocycles. The lowest BCUT2D eigenvalue weighted by atomic mass is 10.2. The first-order valence-corrected chi connectivity index (χ1v) is 10.8. The van der Waals surface area contributed by atoms with Crippen LogP contribution in [0.5, 0.6) is 0 Å². The molecule has 2 heterocycles. The Kier molecular flexibility index (Phi) is 6.17. The lowest BCUT2D eigenvalue weighted by molar-refractivity contribution is -0.127. The fourth-order valence-electron chi connectivity index (χ4n) is 2.85. The van der Waals surface area contributed by atoms with Gasteiger partial charge in [0.2, 0.25) is 15.9 Å². The second kappa shape index (κ2) is 8.42. The third kappa shape index (κ3) is 4.60. The second-order valence-corrected chi connectivity index (χ2v) is 9.01. The summed E-state index contributed by atoms with van der Waals surface area (Å²) in [6, 6.07) is 9.47. The van der Waals surface area contributed by atoms with Crippen LogP contribution < -0.4 is 0 Å². The number of benzene rings is 1. The minimum atomic E-state index is -3.71. The van der Waals surface area contributed by atoms with Crippen LogP contribution in [0.4, 0.5) is 0 Å². The number of rotatable bonds is 5. The van der Waals surface area contributed by atoms with E-state index in [-0.39, 0.29) is 42.8 Å². The Hall–Kier alpha value is -2.23. The fraction of sp³-hybridized carbons (Fsp3) is 0.263. The number of piperazine rings is 1. The van der Waals surface area contributed by atoms with Gasteiger partial charge in [-0.2, -0.15) is 4.31 Å². The summed E-state index contributed by atoms with van der Waals surface area (Å²) in [5.41, 5.74) is 0.351. The molecule has 0 saturated carbocycles. The Bertz CT molecular complexity index is 1020. The van der Waals surface area contributed by atoms with Gasteiger partial charge in [-0.05, 0) is 53.2 Å².